The summed E-state index contributed by atoms with van der Waals surface area (Å²) in [6.07, 6.45) is -4.92. The Morgan fingerprint density at radius 1 is 1.08 bits per heavy atom. The Morgan fingerprint density at radius 3 is 2.16 bits per heavy atom. The molecule has 0 aliphatic heterocycles. The lowest BCUT2D eigenvalue weighted by Crippen LogP contribution is -2.08. The minimum Gasteiger partial charge on any atom is -0.455 e. The minimum absolute atomic E-state index is 0.287. The number of benzene rings is 2. The average molecular weight is 416 g/mol. The zero-order chi connectivity index (χ0) is 19.0. The fourth-order valence-electron chi connectivity index (χ4n) is 1.78. The summed E-state index contributed by atoms with van der Waals surface area (Å²) in [6.45, 7) is 0. The molecule has 0 unspecified atom stereocenters. The predicted molar refractivity (Wildman–Crippen MR) is 82.7 cm³/mol. The maximum atomic E-state index is 13.1. The highest BCUT2D eigenvalue weighted by Crippen LogP contribution is 2.41. The first-order chi connectivity index (χ1) is 11.4. The summed E-state index contributed by atoms with van der Waals surface area (Å²) in [5.74, 6) is -1.02. The molecule has 0 aliphatic rings. The van der Waals surface area contributed by atoms with E-state index in [1.807, 2.05) is 0 Å². The SMILES string of the molecule is O=[N+]([O-])c1ccc(Oc2ccc(S(=O)(=O)Cl)cc2Cl)c(C(F)(F)F)c1. The van der Waals surface area contributed by atoms with Crippen molar-refractivity contribution in [1.82, 2.24) is 0 Å². The van der Waals surface area contributed by atoms with Gasteiger partial charge in [-0.05, 0) is 24.3 Å². The smallest absolute Gasteiger partial charge is 0.420 e. The summed E-state index contributed by atoms with van der Waals surface area (Å²) in [6, 6.07) is 4.82. The highest BCUT2D eigenvalue weighted by atomic mass is 35.7. The molecular weight excluding hydrogens is 410 g/mol. The van der Waals surface area contributed by atoms with Gasteiger partial charge >= 0.3 is 6.18 Å². The van der Waals surface area contributed by atoms with Crippen LogP contribution in [0.15, 0.2) is 41.3 Å². The molecule has 0 N–H and O–H groups in total. The number of ether oxygens (including phenoxy) is 1. The maximum absolute atomic E-state index is 13.1. The van der Waals surface area contributed by atoms with Crippen LogP contribution in [0.4, 0.5) is 18.9 Å². The van der Waals surface area contributed by atoms with Crippen LogP contribution in [-0.4, -0.2) is 13.3 Å². The topological polar surface area (TPSA) is 86.5 Å². The van der Waals surface area contributed by atoms with E-state index in [-0.39, 0.29) is 15.7 Å². The van der Waals surface area contributed by atoms with Gasteiger partial charge in [0.05, 0.1) is 14.8 Å². The molecule has 0 atom stereocenters. The molecule has 0 radical (unpaired) electrons. The van der Waals surface area contributed by atoms with Gasteiger partial charge in [0, 0.05) is 22.8 Å². The molecular formula is C13H6Cl2F3NO5S. The molecule has 2 aromatic carbocycles. The molecule has 0 heterocycles. The summed E-state index contributed by atoms with van der Waals surface area (Å²) in [5, 5.41) is 10.3. The molecule has 0 saturated heterocycles. The van der Waals surface area contributed by atoms with Gasteiger partial charge in [0.15, 0.2) is 0 Å². The highest BCUT2D eigenvalue weighted by Gasteiger charge is 2.36. The average Bonchev–Trinajstić information content (AvgIpc) is 2.47. The van der Waals surface area contributed by atoms with Gasteiger partial charge in [0.2, 0.25) is 0 Å². The highest BCUT2D eigenvalue weighted by molar-refractivity contribution is 8.13. The van der Waals surface area contributed by atoms with Crippen molar-refractivity contribution in [2.75, 3.05) is 0 Å². The summed E-state index contributed by atoms with van der Waals surface area (Å²) in [4.78, 5) is 9.29. The van der Waals surface area contributed by atoms with E-state index in [0.717, 1.165) is 30.3 Å². The Morgan fingerprint density at radius 2 is 1.68 bits per heavy atom. The van der Waals surface area contributed by atoms with E-state index < -0.39 is 37.2 Å². The second-order valence-electron chi connectivity index (χ2n) is 4.57. The molecule has 25 heavy (non-hydrogen) atoms. The van der Waals surface area contributed by atoms with Gasteiger partial charge in [-0.1, -0.05) is 11.6 Å². The van der Waals surface area contributed by atoms with Gasteiger partial charge in [-0.2, -0.15) is 13.2 Å². The quantitative estimate of drug-likeness (QED) is 0.398. The van der Waals surface area contributed by atoms with E-state index in [2.05, 4.69) is 0 Å². The van der Waals surface area contributed by atoms with Crippen molar-refractivity contribution in [2.24, 2.45) is 0 Å². The number of nitrogens with zero attached hydrogens (tertiary/aromatic N) is 1. The van der Waals surface area contributed by atoms with E-state index in [4.69, 9.17) is 27.0 Å². The summed E-state index contributed by atoms with van der Waals surface area (Å²) in [7, 11) is 1.05. The van der Waals surface area contributed by atoms with Gasteiger partial charge in [-0.15, -0.1) is 0 Å². The van der Waals surface area contributed by atoms with Crippen molar-refractivity contribution in [1.29, 1.82) is 0 Å². The third-order valence-electron chi connectivity index (χ3n) is 2.88. The van der Waals surface area contributed by atoms with Crippen molar-refractivity contribution in [3.05, 3.63) is 57.1 Å². The van der Waals surface area contributed by atoms with Crippen LogP contribution >= 0.6 is 22.3 Å². The standard InChI is InChI=1S/C13H6Cl2F3NO5S/c14-10-6-8(25(15,22)23)2-4-12(10)24-11-3-1-7(19(20)21)5-9(11)13(16,17)18/h1-6H. The van der Waals surface area contributed by atoms with Gasteiger partial charge in [0.1, 0.15) is 17.1 Å². The molecule has 0 spiro atoms. The first-order valence-corrected chi connectivity index (χ1v) is 8.86. The van der Waals surface area contributed by atoms with E-state index in [1.165, 1.54) is 0 Å². The molecule has 0 bridgehead atoms. The number of alkyl halides is 3. The number of non-ortho nitro benzene ring substituents is 1. The Hall–Kier alpha value is -2.04. The van der Waals surface area contributed by atoms with Crippen LogP contribution in [0, 0.1) is 10.1 Å². The van der Waals surface area contributed by atoms with Crippen LogP contribution in [0.2, 0.25) is 5.02 Å². The molecule has 0 amide bonds. The molecule has 6 nitrogen and oxygen atoms in total. The van der Waals surface area contributed by atoms with Crippen LogP contribution in [-0.2, 0) is 15.2 Å². The molecule has 0 aromatic heterocycles. The Bertz CT molecular complexity index is 947. The first kappa shape index (κ1) is 19.3. The number of nitro groups is 1. The Labute approximate surface area is 148 Å². The number of nitro benzene ring substituents is 1. The van der Waals surface area contributed by atoms with Gasteiger partial charge in [-0.3, -0.25) is 10.1 Å². The van der Waals surface area contributed by atoms with Gasteiger partial charge < -0.3 is 4.74 Å². The third-order valence-corrected chi connectivity index (χ3v) is 4.53. The van der Waals surface area contributed by atoms with Crippen molar-refractivity contribution in [2.45, 2.75) is 11.1 Å². The zero-order valence-corrected chi connectivity index (χ0v) is 14.1. The van der Waals surface area contributed by atoms with Crippen molar-refractivity contribution >= 4 is 37.0 Å². The summed E-state index contributed by atoms with van der Waals surface area (Å²) >= 11 is 5.80. The van der Waals surface area contributed by atoms with Crippen LogP contribution in [0.25, 0.3) is 0 Å². The first-order valence-electron chi connectivity index (χ1n) is 6.17. The molecule has 0 fully saturated rings. The van der Waals surface area contributed by atoms with Crippen molar-refractivity contribution in [3.8, 4) is 11.5 Å². The van der Waals surface area contributed by atoms with E-state index in [9.17, 15) is 31.7 Å². The second kappa shape index (κ2) is 6.70. The largest absolute Gasteiger partial charge is 0.455 e. The van der Waals surface area contributed by atoms with Crippen molar-refractivity contribution in [3.63, 3.8) is 0 Å². The second-order valence-corrected chi connectivity index (χ2v) is 7.54. The van der Waals surface area contributed by atoms with Crippen molar-refractivity contribution < 1.29 is 31.2 Å². The lowest BCUT2D eigenvalue weighted by molar-refractivity contribution is -0.385. The molecule has 0 aliphatic carbocycles. The van der Waals surface area contributed by atoms with E-state index in [0.29, 0.717) is 6.07 Å². The fraction of sp³-hybridized carbons (Fsp3) is 0.0769. The summed E-state index contributed by atoms with van der Waals surface area (Å²) in [5.41, 5.74) is -2.15. The van der Waals surface area contributed by atoms with Gasteiger partial charge in [0.25, 0.3) is 14.7 Å². The van der Waals surface area contributed by atoms with Gasteiger partial charge in [-0.25, -0.2) is 8.42 Å². The predicted octanol–water partition coefficient (Wildman–Crippen LogP) is 4.99. The molecule has 2 rings (SSSR count). The molecule has 2 aromatic rings. The zero-order valence-electron chi connectivity index (χ0n) is 11.8. The number of hydrogen-bond donors (Lipinski definition) is 0. The summed E-state index contributed by atoms with van der Waals surface area (Å²) < 4.78 is 66.7. The number of hydrogen-bond acceptors (Lipinski definition) is 5. The lowest BCUT2D eigenvalue weighted by Gasteiger charge is -2.14. The molecule has 12 heteroatoms. The normalized spacial score (nSPS) is 12.0. The van der Waals surface area contributed by atoms with E-state index >= 15 is 0 Å². The number of rotatable bonds is 4. The molecule has 134 valence electrons. The fourth-order valence-corrected chi connectivity index (χ4v) is 2.84. The number of halogens is 5. The Balaban J connectivity index is 2.49. The Kier molecular flexibility index (Phi) is 5.17. The van der Waals surface area contributed by atoms with E-state index in [1.54, 1.807) is 0 Å². The lowest BCUT2D eigenvalue weighted by atomic mass is 10.1. The van der Waals surface area contributed by atoms with Crippen LogP contribution in [0.3, 0.4) is 0 Å². The maximum Gasteiger partial charge on any atom is 0.420 e. The van der Waals surface area contributed by atoms with Crippen LogP contribution in [0.1, 0.15) is 5.56 Å². The minimum atomic E-state index is -4.92. The third kappa shape index (κ3) is 4.53. The molecule has 0 saturated carbocycles. The van der Waals surface area contributed by atoms with Crippen LogP contribution < -0.4 is 4.74 Å². The van der Waals surface area contributed by atoms with Crippen LogP contribution in [0.5, 0.6) is 11.5 Å². The monoisotopic (exact) mass is 415 g/mol.